The van der Waals surface area contributed by atoms with Gasteiger partial charge in [-0.3, -0.25) is 0 Å². The zero-order valence-corrected chi connectivity index (χ0v) is 4.46. The molecule has 6 heavy (non-hydrogen) atoms. The van der Waals surface area contributed by atoms with Gasteiger partial charge in [-0.05, 0) is 0 Å². The summed E-state index contributed by atoms with van der Waals surface area (Å²) in [6.45, 7) is 0. The molecule has 1 aromatic rings. The molecule has 0 saturated carbocycles. The molecule has 0 radical (unpaired) electrons. The van der Waals surface area contributed by atoms with Gasteiger partial charge in [0, 0.05) is 0 Å². The van der Waals surface area contributed by atoms with Crippen LogP contribution in [0.3, 0.4) is 0 Å². The molecule has 1 heterocycles. The minimum atomic E-state index is 1.36. The number of hydrogen-bond acceptors (Lipinski definition) is 1. The normalized spacial score (nSPS) is 9.00. The van der Waals surface area contributed by atoms with Gasteiger partial charge in [0.05, 0.1) is 0 Å². The van der Waals surface area contributed by atoms with Crippen LogP contribution in [0, 0.1) is 0 Å². The third kappa shape index (κ3) is 0.877. The number of rotatable bonds is 0. The fraction of sp³-hybridized carbons (Fsp3) is 0. The van der Waals surface area contributed by atoms with Crippen molar-refractivity contribution in [2.45, 2.75) is 0 Å². The molecule has 2 heteroatoms. The first-order chi connectivity index (χ1) is 2.89. The van der Waals surface area contributed by atoms with Gasteiger partial charge in [0.25, 0.3) is 0 Å². The molecular formula is C4H3LiS. The van der Waals surface area contributed by atoms with E-state index in [4.69, 9.17) is 0 Å². The Balaban J connectivity index is 3.05. The SMILES string of the molecule is [Li][c]1ccsc1. The molecule has 0 aromatic carbocycles. The Labute approximate surface area is 50.4 Å². The summed E-state index contributed by atoms with van der Waals surface area (Å²) in [6.07, 6.45) is 0. The Morgan fingerprint density at radius 1 is 1.67 bits per heavy atom. The molecule has 0 spiro atoms. The Morgan fingerprint density at radius 3 is 2.67 bits per heavy atom. The van der Waals surface area contributed by atoms with Gasteiger partial charge in [0.2, 0.25) is 0 Å². The third-order valence-corrected chi connectivity index (χ3v) is 1.46. The Kier molecular flexibility index (Phi) is 1.36. The van der Waals surface area contributed by atoms with Crippen LogP contribution in [-0.4, -0.2) is 17.7 Å². The molecule has 26 valence electrons. The molecule has 0 N–H and O–H groups in total. The van der Waals surface area contributed by atoms with E-state index < -0.39 is 0 Å². The van der Waals surface area contributed by atoms with Gasteiger partial charge in [-0.2, -0.15) is 0 Å². The van der Waals surface area contributed by atoms with E-state index in [-0.39, 0.29) is 0 Å². The van der Waals surface area contributed by atoms with E-state index in [0.29, 0.717) is 0 Å². The van der Waals surface area contributed by atoms with Crippen molar-refractivity contribution in [2.75, 3.05) is 0 Å². The molecule has 0 unspecified atom stereocenters. The molecule has 0 amide bonds. The van der Waals surface area contributed by atoms with Crippen LogP contribution in [0.1, 0.15) is 0 Å². The maximum absolute atomic E-state index is 2.12. The van der Waals surface area contributed by atoms with Crippen LogP contribution in [0.2, 0.25) is 0 Å². The van der Waals surface area contributed by atoms with Crippen LogP contribution >= 0.6 is 11.3 Å². The van der Waals surface area contributed by atoms with Crippen molar-refractivity contribution in [3.8, 4) is 0 Å². The zero-order chi connectivity index (χ0) is 4.41. The van der Waals surface area contributed by atoms with Gasteiger partial charge in [-0.15, -0.1) is 0 Å². The van der Waals surface area contributed by atoms with Crippen LogP contribution in [0.5, 0.6) is 0 Å². The predicted molar refractivity (Wildman–Crippen MR) is 29.7 cm³/mol. The van der Waals surface area contributed by atoms with E-state index in [0.717, 1.165) is 0 Å². The quantitative estimate of drug-likeness (QED) is 0.408. The molecule has 0 atom stereocenters. The maximum atomic E-state index is 2.12. The fourth-order valence-electron chi connectivity index (χ4n) is 0.333. The fourth-order valence-corrected chi connectivity index (χ4v) is 0.998. The van der Waals surface area contributed by atoms with E-state index in [1.807, 2.05) is 0 Å². The predicted octanol–water partition coefficient (Wildman–Crippen LogP) is 0.542. The van der Waals surface area contributed by atoms with Crippen molar-refractivity contribution in [3.05, 3.63) is 16.8 Å². The van der Waals surface area contributed by atoms with Gasteiger partial charge < -0.3 is 0 Å². The molecule has 0 aliphatic rings. The molecule has 0 nitrogen and oxygen atoms in total. The van der Waals surface area contributed by atoms with Gasteiger partial charge in [-0.25, -0.2) is 0 Å². The van der Waals surface area contributed by atoms with Crippen molar-refractivity contribution < 1.29 is 0 Å². The van der Waals surface area contributed by atoms with Crippen molar-refractivity contribution in [1.82, 2.24) is 0 Å². The summed E-state index contributed by atoms with van der Waals surface area (Å²) in [4.78, 5) is 0. The number of hydrogen-bond donors (Lipinski definition) is 0. The third-order valence-electron chi connectivity index (χ3n) is 0.663. The van der Waals surface area contributed by atoms with E-state index in [1.54, 1.807) is 11.3 Å². The molecule has 0 aliphatic carbocycles. The van der Waals surface area contributed by atoms with Crippen molar-refractivity contribution >= 4 is 33.3 Å². The van der Waals surface area contributed by atoms with Crippen LogP contribution in [-0.2, 0) is 0 Å². The zero-order valence-electron chi connectivity index (χ0n) is 3.64. The van der Waals surface area contributed by atoms with Gasteiger partial charge in [0.1, 0.15) is 0 Å². The first kappa shape index (κ1) is 4.46. The second kappa shape index (κ2) is 1.84. The van der Waals surface area contributed by atoms with E-state index in [1.165, 1.54) is 4.24 Å². The summed E-state index contributed by atoms with van der Waals surface area (Å²) in [5.41, 5.74) is 0. The summed E-state index contributed by atoms with van der Waals surface area (Å²) >= 11 is 3.83. The summed E-state index contributed by atoms with van der Waals surface area (Å²) in [6, 6.07) is 2.10. The molecular weight excluding hydrogens is 87.1 g/mol. The van der Waals surface area contributed by atoms with Crippen LogP contribution in [0.25, 0.3) is 0 Å². The van der Waals surface area contributed by atoms with Crippen molar-refractivity contribution in [2.24, 2.45) is 0 Å². The van der Waals surface area contributed by atoms with Gasteiger partial charge >= 0.3 is 50.1 Å². The summed E-state index contributed by atoms with van der Waals surface area (Å²) in [7, 11) is 0. The summed E-state index contributed by atoms with van der Waals surface area (Å²) in [5, 5.41) is 4.20. The first-order valence-corrected chi connectivity index (χ1v) is 2.82. The van der Waals surface area contributed by atoms with Crippen molar-refractivity contribution in [1.29, 1.82) is 0 Å². The van der Waals surface area contributed by atoms with Crippen LogP contribution in [0.15, 0.2) is 16.8 Å². The van der Waals surface area contributed by atoms with E-state index >= 15 is 0 Å². The van der Waals surface area contributed by atoms with Crippen LogP contribution < -0.4 is 4.24 Å². The molecule has 1 rings (SSSR count). The Hall–Kier alpha value is 0.297. The van der Waals surface area contributed by atoms with Gasteiger partial charge in [0.15, 0.2) is 0 Å². The monoisotopic (exact) mass is 90.0 g/mol. The standard InChI is InChI=1S/C4H3S.Li/c1-2-4-5-3-1;/h1,3-4H;. The Bertz CT molecular complexity index is 111. The van der Waals surface area contributed by atoms with E-state index in [2.05, 4.69) is 34.5 Å². The average molecular weight is 90.1 g/mol. The molecule has 1 aromatic heterocycles. The number of thiophene rings is 1. The molecule has 0 bridgehead atoms. The summed E-state index contributed by atoms with van der Waals surface area (Å²) < 4.78 is 1.36. The van der Waals surface area contributed by atoms with Crippen LogP contribution in [0.4, 0.5) is 0 Å². The topological polar surface area (TPSA) is 0 Å². The molecule has 0 fully saturated rings. The molecule has 0 aliphatic heterocycles. The molecule has 0 saturated heterocycles. The second-order valence-corrected chi connectivity index (χ2v) is 2.08. The van der Waals surface area contributed by atoms with E-state index in [9.17, 15) is 0 Å². The minimum absolute atomic E-state index is 1.36. The van der Waals surface area contributed by atoms with Gasteiger partial charge in [-0.1, -0.05) is 0 Å². The Morgan fingerprint density at radius 2 is 2.50 bits per heavy atom. The summed E-state index contributed by atoms with van der Waals surface area (Å²) in [5.74, 6) is 0. The van der Waals surface area contributed by atoms with Crippen molar-refractivity contribution in [3.63, 3.8) is 0 Å². The average Bonchev–Trinajstić information content (AvgIpc) is 1.86. The first-order valence-electron chi connectivity index (χ1n) is 1.88. The second-order valence-electron chi connectivity index (χ2n) is 1.30.